The van der Waals surface area contributed by atoms with Gasteiger partial charge in [-0.3, -0.25) is 4.79 Å². The first kappa shape index (κ1) is 26.9. The highest BCUT2D eigenvalue weighted by Crippen LogP contribution is 2.65. The van der Waals surface area contributed by atoms with Gasteiger partial charge in [0.1, 0.15) is 11.9 Å². The van der Waals surface area contributed by atoms with Gasteiger partial charge in [0, 0.05) is 30.0 Å². The van der Waals surface area contributed by atoms with Crippen LogP contribution in [0.1, 0.15) is 53.4 Å². The van der Waals surface area contributed by atoms with E-state index in [1.807, 2.05) is 48.5 Å². The van der Waals surface area contributed by atoms with Crippen LogP contribution in [-0.2, 0) is 14.1 Å². The lowest BCUT2D eigenvalue weighted by Gasteiger charge is -2.64. The average Bonchev–Trinajstić information content (AvgIpc) is 3.60. The fourth-order valence-electron chi connectivity index (χ4n) is 7.89. The molecule has 7 nitrogen and oxygen atoms in total. The van der Waals surface area contributed by atoms with E-state index < -0.39 is 7.12 Å². The zero-order valence-corrected chi connectivity index (χ0v) is 24.4. The Bertz CT molecular complexity index is 1450. The van der Waals surface area contributed by atoms with Crippen molar-refractivity contribution in [3.63, 3.8) is 0 Å². The summed E-state index contributed by atoms with van der Waals surface area (Å²) in [6.07, 6.45) is 3.56. The zero-order valence-electron chi connectivity index (χ0n) is 24.4. The number of amides is 1. The molecule has 2 aliphatic heterocycles. The minimum atomic E-state index is -0.415. The topological polar surface area (TPSA) is 81.7 Å². The van der Waals surface area contributed by atoms with Gasteiger partial charge in [-0.25, -0.2) is 4.98 Å². The van der Waals surface area contributed by atoms with Crippen molar-refractivity contribution in [2.24, 2.45) is 17.3 Å². The van der Waals surface area contributed by atoms with Crippen molar-refractivity contribution in [2.45, 2.75) is 83.2 Å². The highest BCUT2D eigenvalue weighted by molar-refractivity contribution is 6.47. The first-order valence-electron chi connectivity index (χ1n) is 15.2. The molecule has 41 heavy (non-hydrogen) atoms. The number of para-hydroxylation sites is 1. The quantitative estimate of drug-likeness (QED) is 0.393. The molecule has 5 fully saturated rings. The van der Waals surface area contributed by atoms with E-state index in [0.29, 0.717) is 30.2 Å². The molecule has 214 valence electrons. The molecule has 2 aromatic carbocycles. The standard InChI is InChI=1S/C33H40BN3O4/c1-5-30(34-40-29-16-21-15-28(32(21,2)3)33(29,4)41-34)37-31(38)26-17-22(19-35-26)39-27-18-25(20-11-7-6-8-12-20)36-24-14-10-9-13-23(24)27/h6-14,18,21-22,26,28-30,35H,5,15-17,19H2,1-4H3,(H,37,38). The number of benzene rings is 2. The van der Waals surface area contributed by atoms with E-state index in [4.69, 9.17) is 19.0 Å². The molecule has 2 bridgehead atoms. The van der Waals surface area contributed by atoms with Crippen LogP contribution in [0.5, 0.6) is 5.75 Å². The largest absolute Gasteiger partial charge is 0.488 e. The summed E-state index contributed by atoms with van der Waals surface area (Å²) in [5, 5.41) is 7.61. The Morgan fingerprint density at radius 3 is 2.68 bits per heavy atom. The minimum absolute atomic E-state index is 0.0237. The number of carbonyl (C=O) groups is 1. The number of nitrogens with zero attached hydrogens (tertiary/aromatic N) is 1. The Balaban J connectivity index is 1.02. The molecular weight excluding hydrogens is 513 g/mol. The van der Waals surface area contributed by atoms with Gasteiger partial charge in [0.25, 0.3) is 0 Å². The van der Waals surface area contributed by atoms with Crippen molar-refractivity contribution in [2.75, 3.05) is 6.54 Å². The zero-order chi connectivity index (χ0) is 28.4. The van der Waals surface area contributed by atoms with Crippen molar-refractivity contribution in [3.05, 3.63) is 60.7 Å². The van der Waals surface area contributed by atoms with Crippen LogP contribution in [0.25, 0.3) is 22.2 Å². The highest BCUT2D eigenvalue weighted by atomic mass is 16.7. The highest BCUT2D eigenvalue weighted by Gasteiger charge is 2.68. The van der Waals surface area contributed by atoms with E-state index in [-0.39, 0.29) is 35.7 Å². The Morgan fingerprint density at radius 1 is 1.12 bits per heavy atom. The Hall–Kier alpha value is -2.94. The Morgan fingerprint density at radius 2 is 1.90 bits per heavy atom. The Labute approximate surface area is 242 Å². The molecule has 1 amide bonds. The van der Waals surface area contributed by atoms with E-state index in [0.717, 1.165) is 40.8 Å². The molecule has 2 saturated heterocycles. The van der Waals surface area contributed by atoms with E-state index in [9.17, 15) is 4.79 Å². The van der Waals surface area contributed by atoms with Crippen molar-refractivity contribution in [1.82, 2.24) is 15.6 Å². The van der Waals surface area contributed by atoms with Gasteiger partial charge in [-0.1, -0.05) is 63.2 Å². The number of fused-ring (bicyclic) bond motifs is 1. The van der Waals surface area contributed by atoms with Gasteiger partial charge in [0.2, 0.25) is 5.91 Å². The second-order valence-corrected chi connectivity index (χ2v) is 13.2. The first-order chi connectivity index (χ1) is 19.8. The van der Waals surface area contributed by atoms with Crippen molar-refractivity contribution < 1.29 is 18.8 Å². The monoisotopic (exact) mass is 553 g/mol. The second-order valence-electron chi connectivity index (χ2n) is 13.2. The molecule has 1 aromatic heterocycles. The molecule has 3 saturated carbocycles. The van der Waals surface area contributed by atoms with Crippen LogP contribution in [0.3, 0.4) is 0 Å². The summed E-state index contributed by atoms with van der Waals surface area (Å²) in [5.74, 6) is 1.77. The van der Waals surface area contributed by atoms with E-state index in [1.54, 1.807) is 0 Å². The summed E-state index contributed by atoms with van der Waals surface area (Å²) in [7, 11) is -0.415. The maximum atomic E-state index is 13.4. The molecule has 8 rings (SSSR count). The molecule has 0 radical (unpaired) electrons. The minimum Gasteiger partial charge on any atom is -0.488 e. The summed E-state index contributed by atoms with van der Waals surface area (Å²) in [4.78, 5) is 18.3. The fraction of sp³-hybridized carbons (Fsp3) is 0.515. The molecule has 5 aliphatic rings. The first-order valence-corrected chi connectivity index (χ1v) is 15.2. The van der Waals surface area contributed by atoms with E-state index in [1.165, 1.54) is 6.42 Å². The SMILES string of the molecule is CCC(NC(=O)C1CC(Oc2cc(-c3ccccc3)nc3ccccc23)CN1)B1OC2CC3CC(C3(C)C)C2(C)O1. The summed E-state index contributed by atoms with van der Waals surface area (Å²) >= 11 is 0. The van der Waals surface area contributed by atoms with Crippen LogP contribution in [0, 0.1) is 17.3 Å². The summed E-state index contributed by atoms with van der Waals surface area (Å²) in [5.41, 5.74) is 2.82. The molecule has 3 heterocycles. The van der Waals surface area contributed by atoms with Gasteiger partial charge in [-0.15, -0.1) is 0 Å². The lowest BCUT2D eigenvalue weighted by Crippen LogP contribution is -2.65. The van der Waals surface area contributed by atoms with Crippen LogP contribution >= 0.6 is 0 Å². The van der Waals surface area contributed by atoms with Crippen LogP contribution in [-0.4, -0.2) is 54.3 Å². The van der Waals surface area contributed by atoms with Crippen LogP contribution < -0.4 is 15.4 Å². The van der Waals surface area contributed by atoms with Gasteiger partial charge >= 0.3 is 7.12 Å². The Kier molecular flexibility index (Phi) is 6.64. The normalized spacial score (nSPS) is 32.3. The molecule has 3 aromatic rings. The lowest BCUT2D eigenvalue weighted by atomic mass is 9.43. The maximum absolute atomic E-state index is 13.4. The lowest BCUT2D eigenvalue weighted by molar-refractivity contribution is -0.199. The predicted octanol–water partition coefficient (Wildman–Crippen LogP) is 5.17. The molecule has 3 aliphatic carbocycles. The molecular formula is C33H40BN3O4. The molecule has 7 atom stereocenters. The predicted molar refractivity (Wildman–Crippen MR) is 160 cm³/mol. The number of pyridine rings is 1. The van der Waals surface area contributed by atoms with Crippen molar-refractivity contribution >= 4 is 23.9 Å². The van der Waals surface area contributed by atoms with Gasteiger partial charge in [-0.05, 0) is 55.6 Å². The number of hydrogen-bond donors (Lipinski definition) is 2. The summed E-state index contributed by atoms with van der Waals surface area (Å²) in [6, 6.07) is 19.9. The number of nitrogens with one attached hydrogen (secondary N) is 2. The third-order valence-corrected chi connectivity index (χ3v) is 10.5. The van der Waals surface area contributed by atoms with Crippen molar-refractivity contribution in [3.8, 4) is 17.0 Å². The number of carbonyl (C=O) groups excluding carboxylic acids is 1. The number of ether oxygens (including phenoxy) is 1. The van der Waals surface area contributed by atoms with E-state index in [2.05, 4.69) is 50.5 Å². The van der Waals surface area contributed by atoms with E-state index >= 15 is 0 Å². The number of hydrogen-bond acceptors (Lipinski definition) is 6. The third kappa shape index (κ3) is 4.55. The summed E-state index contributed by atoms with van der Waals surface area (Å²) < 4.78 is 19.7. The number of rotatable bonds is 7. The van der Waals surface area contributed by atoms with Gasteiger partial charge in [0.05, 0.1) is 34.9 Å². The molecule has 2 N–H and O–H groups in total. The molecule has 0 spiro atoms. The third-order valence-electron chi connectivity index (χ3n) is 10.5. The second kappa shape index (κ2) is 10.1. The van der Waals surface area contributed by atoms with Gasteiger partial charge in [0.15, 0.2) is 0 Å². The average molecular weight is 554 g/mol. The van der Waals surface area contributed by atoms with Gasteiger partial charge < -0.3 is 24.7 Å². The van der Waals surface area contributed by atoms with Crippen molar-refractivity contribution in [1.29, 1.82) is 0 Å². The molecule has 8 heteroatoms. The summed E-state index contributed by atoms with van der Waals surface area (Å²) in [6.45, 7) is 9.63. The van der Waals surface area contributed by atoms with Crippen LogP contribution in [0.15, 0.2) is 60.7 Å². The number of aromatic nitrogens is 1. The molecule has 7 unspecified atom stereocenters. The van der Waals surface area contributed by atoms with Crippen LogP contribution in [0.2, 0.25) is 0 Å². The fourth-order valence-corrected chi connectivity index (χ4v) is 7.89. The van der Waals surface area contributed by atoms with Gasteiger partial charge in [-0.2, -0.15) is 0 Å². The van der Waals surface area contributed by atoms with Crippen LogP contribution in [0.4, 0.5) is 0 Å². The maximum Gasteiger partial charge on any atom is 0.481 e. The smallest absolute Gasteiger partial charge is 0.481 e.